The number of benzene rings is 1. The van der Waals surface area contributed by atoms with E-state index in [9.17, 15) is 5.11 Å². The van der Waals surface area contributed by atoms with Gasteiger partial charge in [-0.2, -0.15) is 0 Å². The first kappa shape index (κ1) is 12.6. The van der Waals surface area contributed by atoms with Gasteiger partial charge in [0.05, 0.1) is 18.8 Å². The van der Waals surface area contributed by atoms with Gasteiger partial charge in [0.15, 0.2) is 0 Å². The van der Waals surface area contributed by atoms with Gasteiger partial charge >= 0.3 is 0 Å². The van der Waals surface area contributed by atoms with Crippen molar-refractivity contribution in [3.05, 3.63) is 33.6 Å². The smallest absolute Gasteiger partial charge is 0.0855 e. The maximum atomic E-state index is 10.5. The third kappa shape index (κ3) is 2.11. The van der Waals surface area contributed by atoms with Crippen LogP contribution in [0.3, 0.4) is 0 Å². The Morgan fingerprint density at radius 1 is 1.50 bits per heavy atom. The van der Waals surface area contributed by atoms with E-state index in [1.165, 1.54) is 4.70 Å². The third-order valence-corrected chi connectivity index (χ3v) is 5.55. The van der Waals surface area contributed by atoms with Gasteiger partial charge < -0.3 is 9.84 Å². The number of aliphatic hydroxyl groups is 1. The molecule has 0 spiro atoms. The lowest BCUT2D eigenvalue weighted by Gasteiger charge is -2.16. The number of thiophene rings is 1. The molecule has 3 atom stereocenters. The number of hydrogen-bond acceptors (Lipinski definition) is 3. The first-order chi connectivity index (χ1) is 8.66. The lowest BCUT2D eigenvalue weighted by Crippen LogP contribution is -2.12. The van der Waals surface area contributed by atoms with Gasteiger partial charge in [-0.3, -0.25) is 0 Å². The van der Waals surface area contributed by atoms with Crippen LogP contribution in [0.4, 0.5) is 0 Å². The van der Waals surface area contributed by atoms with Crippen molar-refractivity contribution in [1.82, 2.24) is 0 Å². The van der Waals surface area contributed by atoms with Gasteiger partial charge in [0.25, 0.3) is 0 Å². The third-order valence-electron chi connectivity index (χ3n) is 3.58. The predicted octanol–water partition coefficient (Wildman–Crippen LogP) is 4.12. The topological polar surface area (TPSA) is 29.5 Å². The molecule has 4 heteroatoms. The maximum absolute atomic E-state index is 10.5. The molecule has 0 aliphatic carbocycles. The zero-order valence-electron chi connectivity index (χ0n) is 10.1. The highest BCUT2D eigenvalue weighted by atomic mass is 79.9. The average Bonchev–Trinajstić information content (AvgIpc) is 2.95. The van der Waals surface area contributed by atoms with Crippen molar-refractivity contribution in [3.63, 3.8) is 0 Å². The van der Waals surface area contributed by atoms with Crippen molar-refractivity contribution in [1.29, 1.82) is 0 Å². The van der Waals surface area contributed by atoms with E-state index in [2.05, 4.69) is 34.3 Å². The van der Waals surface area contributed by atoms with Crippen LogP contribution in [0.25, 0.3) is 10.1 Å². The Kier molecular flexibility index (Phi) is 3.45. The number of halogens is 1. The SMILES string of the molecule is CC1CC(C(O)c2csc3c(Br)cccc23)CO1. The Morgan fingerprint density at radius 3 is 3.06 bits per heavy atom. The zero-order valence-corrected chi connectivity index (χ0v) is 12.5. The highest BCUT2D eigenvalue weighted by Gasteiger charge is 2.30. The molecule has 96 valence electrons. The molecule has 18 heavy (non-hydrogen) atoms. The average molecular weight is 327 g/mol. The molecular weight excluding hydrogens is 312 g/mol. The van der Waals surface area contributed by atoms with E-state index in [4.69, 9.17) is 4.74 Å². The van der Waals surface area contributed by atoms with Crippen LogP contribution < -0.4 is 0 Å². The molecular formula is C14H15BrO2S. The zero-order chi connectivity index (χ0) is 12.7. The Morgan fingerprint density at radius 2 is 2.33 bits per heavy atom. The van der Waals surface area contributed by atoms with Gasteiger partial charge in [-0.05, 0) is 51.7 Å². The highest BCUT2D eigenvalue weighted by molar-refractivity contribution is 9.10. The Bertz CT molecular complexity index is 566. The molecule has 0 saturated carbocycles. The molecule has 0 bridgehead atoms. The molecule has 1 saturated heterocycles. The van der Waals surface area contributed by atoms with Crippen LogP contribution in [-0.2, 0) is 4.74 Å². The van der Waals surface area contributed by atoms with Gasteiger partial charge in [-0.25, -0.2) is 0 Å². The fourth-order valence-corrected chi connectivity index (χ4v) is 4.25. The van der Waals surface area contributed by atoms with Crippen molar-refractivity contribution in [2.24, 2.45) is 5.92 Å². The predicted molar refractivity (Wildman–Crippen MR) is 78.0 cm³/mol. The minimum absolute atomic E-state index is 0.219. The summed E-state index contributed by atoms with van der Waals surface area (Å²) < 4.78 is 7.86. The molecule has 2 nitrogen and oxygen atoms in total. The largest absolute Gasteiger partial charge is 0.388 e. The molecule has 3 unspecified atom stereocenters. The molecule has 2 aromatic rings. The quantitative estimate of drug-likeness (QED) is 0.899. The Labute approximate surface area is 119 Å². The van der Waals surface area contributed by atoms with Crippen molar-refractivity contribution < 1.29 is 9.84 Å². The van der Waals surface area contributed by atoms with Crippen LogP contribution >= 0.6 is 27.3 Å². The van der Waals surface area contributed by atoms with Gasteiger partial charge in [-0.15, -0.1) is 11.3 Å². The summed E-state index contributed by atoms with van der Waals surface area (Å²) in [5, 5.41) is 13.8. The van der Waals surface area contributed by atoms with E-state index in [-0.39, 0.29) is 12.0 Å². The fourth-order valence-electron chi connectivity index (χ4n) is 2.60. The van der Waals surface area contributed by atoms with Gasteiger partial charge in [0.1, 0.15) is 0 Å². The summed E-state index contributed by atoms with van der Waals surface area (Å²) in [4.78, 5) is 0. The lowest BCUT2D eigenvalue weighted by atomic mass is 9.93. The van der Waals surface area contributed by atoms with E-state index in [0.29, 0.717) is 6.61 Å². The molecule has 1 aromatic heterocycles. The summed E-state index contributed by atoms with van der Waals surface area (Å²) in [6.45, 7) is 2.72. The molecule has 0 amide bonds. The van der Waals surface area contributed by atoms with Crippen molar-refractivity contribution >= 4 is 37.4 Å². The molecule has 1 aromatic carbocycles. The second-order valence-corrected chi connectivity index (χ2v) is 6.63. The van der Waals surface area contributed by atoms with Crippen molar-refractivity contribution in [3.8, 4) is 0 Å². The van der Waals surface area contributed by atoms with Crippen LogP contribution in [0.1, 0.15) is 25.0 Å². The summed E-state index contributed by atoms with van der Waals surface area (Å²) in [6.07, 6.45) is 0.784. The van der Waals surface area contributed by atoms with Crippen molar-refractivity contribution in [2.75, 3.05) is 6.61 Å². The molecule has 1 aliphatic rings. The minimum atomic E-state index is -0.419. The van der Waals surface area contributed by atoms with E-state index < -0.39 is 6.10 Å². The summed E-state index contributed by atoms with van der Waals surface area (Å²) >= 11 is 5.24. The van der Waals surface area contributed by atoms with Crippen LogP contribution in [0.5, 0.6) is 0 Å². The van der Waals surface area contributed by atoms with E-state index >= 15 is 0 Å². The number of ether oxygens (including phenoxy) is 1. The van der Waals surface area contributed by atoms with E-state index in [0.717, 1.165) is 21.8 Å². The second-order valence-electron chi connectivity index (χ2n) is 4.89. The Balaban J connectivity index is 1.97. The minimum Gasteiger partial charge on any atom is -0.388 e. The first-order valence-corrected chi connectivity index (χ1v) is 7.79. The van der Waals surface area contributed by atoms with Crippen LogP contribution in [0, 0.1) is 5.92 Å². The summed E-state index contributed by atoms with van der Waals surface area (Å²) in [5.74, 6) is 0.219. The first-order valence-electron chi connectivity index (χ1n) is 6.12. The summed E-state index contributed by atoms with van der Waals surface area (Å²) in [6, 6.07) is 6.13. The fraction of sp³-hybridized carbons (Fsp3) is 0.429. The Hall–Kier alpha value is -0.420. The number of hydrogen-bond donors (Lipinski definition) is 1. The maximum Gasteiger partial charge on any atom is 0.0855 e. The van der Waals surface area contributed by atoms with E-state index in [1.54, 1.807) is 11.3 Å². The summed E-state index contributed by atoms with van der Waals surface area (Å²) in [5.41, 5.74) is 1.04. The molecule has 1 aliphatic heterocycles. The molecule has 2 heterocycles. The van der Waals surface area contributed by atoms with E-state index in [1.807, 2.05) is 12.1 Å². The molecule has 1 N–H and O–H groups in total. The number of fused-ring (bicyclic) bond motifs is 1. The molecule has 1 fully saturated rings. The van der Waals surface area contributed by atoms with Gasteiger partial charge in [-0.1, -0.05) is 12.1 Å². The van der Waals surface area contributed by atoms with Gasteiger partial charge in [0.2, 0.25) is 0 Å². The molecule has 3 rings (SSSR count). The standard InChI is InChI=1S/C14H15BrO2S/c1-8-5-9(6-17-8)13(16)11-7-18-14-10(11)3-2-4-12(14)15/h2-4,7-9,13,16H,5-6H2,1H3. The normalized spacial score (nSPS) is 25.7. The number of rotatable bonds is 2. The highest BCUT2D eigenvalue weighted by Crippen LogP contribution is 2.39. The van der Waals surface area contributed by atoms with Crippen LogP contribution in [-0.4, -0.2) is 17.8 Å². The monoisotopic (exact) mass is 326 g/mol. The lowest BCUT2D eigenvalue weighted by molar-refractivity contribution is 0.0813. The second kappa shape index (κ2) is 4.93. The summed E-state index contributed by atoms with van der Waals surface area (Å²) in [7, 11) is 0. The van der Waals surface area contributed by atoms with Gasteiger partial charge in [0, 0.05) is 15.1 Å². The molecule has 0 radical (unpaired) electrons. The van der Waals surface area contributed by atoms with Crippen LogP contribution in [0.2, 0.25) is 0 Å². The number of aliphatic hydroxyl groups excluding tert-OH is 1. The van der Waals surface area contributed by atoms with Crippen LogP contribution in [0.15, 0.2) is 28.1 Å². The van der Waals surface area contributed by atoms with Crippen molar-refractivity contribution in [2.45, 2.75) is 25.6 Å².